The second-order valence-electron chi connectivity index (χ2n) is 6.61. The quantitative estimate of drug-likeness (QED) is 0.738. The zero-order valence-electron chi connectivity index (χ0n) is 14.7. The summed E-state index contributed by atoms with van der Waals surface area (Å²) < 4.78 is 5.46. The second kappa shape index (κ2) is 6.26. The third-order valence-electron chi connectivity index (χ3n) is 4.76. The molecule has 0 saturated carbocycles. The van der Waals surface area contributed by atoms with Gasteiger partial charge in [0.1, 0.15) is 17.7 Å². The summed E-state index contributed by atoms with van der Waals surface area (Å²) in [5.74, 6) is 0.953. The molecule has 1 amide bonds. The van der Waals surface area contributed by atoms with Gasteiger partial charge in [-0.3, -0.25) is 4.79 Å². The number of aromatic hydroxyl groups is 1. The fraction of sp³-hybridized carbons (Fsp3) is 0.190. The van der Waals surface area contributed by atoms with Crippen LogP contribution in [0.4, 0.5) is 5.69 Å². The number of benzene rings is 2. The van der Waals surface area contributed by atoms with Crippen LogP contribution in [0, 0.1) is 13.8 Å². The molecular formula is C21H20N2O3. The van der Waals surface area contributed by atoms with Crippen LogP contribution in [-0.4, -0.2) is 15.9 Å². The van der Waals surface area contributed by atoms with Crippen molar-refractivity contribution in [2.24, 2.45) is 0 Å². The van der Waals surface area contributed by atoms with Gasteiger partial charge in [0.05, 0.1) is 18.4 Å². The lowest BCUT2D eigenvalue weighted by Crippen LogP contribution is -2.42. The molecule has 5 nitrogen and oxygen atoms in total. The molecule has 0 spiro atoms. The summed E-state index contributed by atoms with van der Waals surface area (Å²) in [6.07, 6.45) is 1.26. The van der Waals surface area contributed by atoms with Gasteiger partial charge in [-0.1, -0.05) is 12.1 Å². The molecule has 26 heavy (non-hydrogen) atoms. The van der Waals surface area contributed by atoms with Gasteiger partial charge in [0.25, 0.3) is 5.91 Å². The van der Waals surface area contributed by atoms with Crippen molar-refractivity contribution < 1.29 is 14.3 Å². The Morgan fingerprint density at radius 1 is 1.12 bits per heavy atom. The number of amides is 1. The molecule has 0 bridgehead atoms. The Morgan fingerprint density at radius 2 is 1.85 bits per heavy atom. The molecule has 132 valence electrons. The molecule has 1 aliphatic heterocycles. The van der Waals surface area contributed by atoms with E-state index >= 15 is 0 Å². The molecule has 0 aliphatic carbocycles. The number of phenolic OH excluding ortho intramolecular Hbond substituents is 1. The number of para-hydroxylation sites is 1. The molecule has 0 saturated heterocycles. The molecule has 5 heteroatoms. The smallest absolute Gasteiger partial charge is 0.258 e. The molecule has 3 aromatic rings. The molecule has 1 atom stereocenters. The number of hydrogen-bond donors (Lipinski definition) is 2. The second-order valence-corrected chi connectivity index (χ2v) is 6.61. The van der Waals surface area contributed by atoms with Crippen molar-refractivity contribution in [2.45, 2.75) is 26.6 Å². The minimum Gasteiger partial charge on any atom is -0.507 e. The minimum absolute atomic E-state index is 0.0517. The lowest BCUT2D eigenvalue weighted by Gasteiger charge is -2.38. The highest BCUT2D eigenvalue weighted by atomic mass is 16.3. The lowest BCUT2D eigenvalue weighted by molar-refractivity contribution is 0.0651. The third-order valence-corrected chi connectivity index (χ3v) is 4.76. The van der Waals surface area contributed by atoms with Crippen molar-refractivity contribution in [3.63, 3.8) is 0 Å². The Morgan fingerprint density at radius 3 is 2.54 bits per heavy atom. The van der Waals surface area contributed by atoms with Crippen LogP contribution in [0.15, 0.2) is 59.2 Å². The predicted octanol–water partition coefficient (Wildman–Crippen LogP) is 4.37. The number of hydrogen-bond acceptors (Lipinski definition) is 4. The van der Waals surface area contributed by atoms with Gasteiger partial charge in [0, 0.05) is 5.69 Å². The summed E-state index contributed by atoms with van der Waals surface area (Å²) in [7, 11) is 0. The molecular weight excluding hydrogens is 328 g/mol. The first kappa shape index (κ1) is 16.3. The van der Waals surface area contributed by atoms with Gasteiger partial charge >= 0.3 is 0 Å². The van der Waals surface area contributed by atoms with Gasteiger partial charge < -0.3 is 19.7 Å². The van der Waals surface area contributed by atoms with Crippen molar-refractivity contribution in [3.05, 3.63) is 82.8 Å². The number of carbonyl (C=O) groups is 1. The maximum atomic E-state index is 13.2. The average molecular weight is 348 g/mol. The van der Waals surface area contributed by atoms with Crippen LogP contribution in [0.25, 0.3) is 0 Å². The zero-order chi connectivity index (χ0) is 18.3. The maximum Gasteiger partial charge on any atom is 0.258 e. The molecule has 1 aliphatic rings. The molecule has 4 rings (SSSR count). The highest BCUT2D eigenvalue weighted by molar-refractivity contribution is 6.01. The van der Waals surface area contributed by atoms with Crippen molar-refractivity contribution >= 4 is 11.6 Å². The predicted molar refractivity (Wildman–Crippen MR) is 99.0 cm³/mol. The zero-order valence-corrected chi connectivity index (χ0v) is 14.7. The van der Waals surface area contributed by atoms with Crippen LogP contribution in [0.5, 0.6) is 5.75 Å². The molecule has 0 unspecified atom stereocenters. The van der Waals surface area contributed by atoms with Crippen molar-refractivity contribution in [3.8, 4) is 5.75 Å². The summed E-state index contributed by atoms with van der Waals surface area (Å²) in [6.45, 7) is 4.08. The van der Waals surface area contributed by atoms with Gasteiger partial charge in [-0.05, 0) is 66.9 Å². The van der Waals surface area contributed by atoms with E-state index in [0.29, 0.717) is 12.1 Å². The third kappa shape index (κ3) is 2.71. The number of aryl methyl sites for hydroxylation is 2. The van der Waals surface area contributed by atoms with E-state index < -0.39 is 0 Å². The Kier molecular flexibility index (Phi) is 3.92. The number of carbonyl (C=O) groups excluding carboxylic acids is 1. The van der Waals surface area contributed by atoms with E-state index in [4.69, 9.17) is 4.42 Å². The van der Waals surface area contributed by atoms with Crippen LogP contribution in [0.1, 0.15) is 39.0 Å². The van der Waals surface area contributed by atoms with E-state index in [1.165, 1.54) is 0 Å². The van der Waals surface area contributed by atoms with E-state index in [0.717, 1.165) is 28.1 Å². The van der Waals surface area contributed by atoms with Crippen LogP contribution in [0.3, 0.4) is 0 Å². The highest BCUT2D eigenvalue weighted by Gasteiger charge is 2.33. The number of nitrogens with zero attached hydrogens (tertiary/aromatic N) is 1. The molecule has 1 aromatic heterocycles. The van der Waals surface area contributed by atoms with Crippen LogP contribution in [-0.2, 0) is 6.54 Å². The van der Waals surface area contributed by atoms with E-state index in [1.807, 2.05) is 62.4 Å². The number of furan rings is 1. The van der Waals surface area contributed by atoms with Gasteiger partial charge in [-0.2, -0.15) is 0 Å². The summed E-state index contributed by atoms with van der Waals surface area (Å²) in [5, 5.41) is 13.6. The summed E-state index contributed by atoms with van der Waals surface area (Å²) >= 11 is 0. The van der Waals surface area contributed by atoms with Gasteiger partial charge in [-0.25, -0.2) is 0 Å². The average Bonchev–Trinajstić information content (AvgIpc) is 3.15. The minimum atomic E-state index is -0.347. The van der Waals surface area contributed by atoms with E-state index in [1.54, 1.807) is 11.2 Å². The van der Waals surface area contributed by atoms with E-state index in [-0.39, 0.29) is 17.8 Å². The first-order valence-corrected chi connectivity index (χ1v) is 8.53. The first-order valence-electron chi connectivity index (χ1n) is 8.53. The van der Waals surface area contributed by atoms with Gasteiger partial charge in [-0.15, -0.1) is 0 Å². The SMILES string of the molecule is Cc1cc([C@H]2Nc3ccccc3C(=O)N2Cc2ccco2)cc(C)c1O. The molecule has 0 fully saturated rings. The molecule has 2 heterocycles. The number of rotatable bonds is 3. The standard InChI is InChI=1S/C21H20N2O3/c1-13-10-15(11-14(2)19(13)24)20-22-18-8-4-3-7-17(18)21(25)23(20)12-16-6-5-9-26-16/h3-11,20,22,24H,12H2,1-2H3/t20-/m0/s1. The lowest BCUT2D eigenvalue weighted by atomic mass is 9.99. The van der Waals surface area contributed by atoms with E-state index in [2.05, 4.69) is 5.32 Å². The largest absolute Gasteiger partial charge is 0.507 e. The number of fused-ring (bicyclic) bond motifs is 1. The van der Waals surface area contributed by atoms with Crippen LogP contribution in [0.2, 0.25) is 0 Å². The first-order chi connectivity index (χ1) is 12.5. The van der Waals surface area contributed by atoms with Crippen molar-refractivity contribution in [1.82, 2.24) is 4.90 Å². The summed E-state index contributed by atoms with van der Waals surface area (Å²) in [5.41, 5.74) is 3.94. The molecule has 0 radical (unpaired) electrons. The normalized spacial score (nSPS) is 16.3. The highest BCUT2D eigenvalue weighted by Crippen LogP contribution is 2.36. The Balaban J connectivity index is 1.80. The monoisotopic (exact) mass is 348 g/mol. The fourth-order valence-electron chi connectivity index (χ4n) is 3.44. The van der Waals surface area contributed by atoms with E-state index in [9.17, 15) is 9.90 Å². The van der Waals surface area contributed by atoms with Crippen LogP contribution < -0.4 is 5.32 Å². The van der Waals surface area contributed by atoms with Crippen LogP contribution >= 0.6 is 0 Å². The summed E-state index contributed by atoms with van der Waals surface area (Å²) in [6, 6.07) is 15.0. The van der Waals surface area contributed by atoms with Gasteiger partial charge in [0.2, 0.25) is 0 Å². The Bertz CT molecular complexity index is 940. The van der Waals surface area contributed by atoms with Crippen molar-refractivity contribution in [2.75, 3.05) is 5.32 Å². The molecule has 2 aromatic carbocycles. The maximum absolute atomic E-state index is 13.2. The fourth-order valence-corrected chi connectivity index (χ4v) is 3.44. The Hall–Kier alpha value is -3.21. The summed E-state index contributed by atoms with van der Waals surface area (Å²) in [4.78, 5) is 14.9. The van der Waals surface area contributed by atoms with Crippen molar-refractivity contribution in [1.29, 1.82) is 0 Å². The topological polar surface area (TPSA) is 65.7 Å². The number of phenols is 1. The van der Waals surface area contributed by atoms with Gasteiger partial charge in [0.15, 0.2) is 0 Å². The number of nitrogens with one attached hydrogen (secondary N) is 1. The Labute approximate surface area is 151 Å². The number of anilines is 1. The molecule has 2 N–H and O–H groups in total.